The Hall–Kier alpha value is -4.25. The van der Waals surface area contributed by atoms with Gasteiger partial charge in [-0.15, -0.1) is 0 Å². The standard InChI is InChI=1S/C35H34Cl2N2O7S/c1-6-43-27-14-11-22(17-29(27)44-7-2)32-31(34(41)45-8-3)20(4)38-35-39(32)33(40)30(47-35)16-21-9-13-26(28(15-21)42-5)46-19-23-10-12-24(36)18-25(23)37/h9-18,32H,6-8,19H2,1-5H3/b30-16-/t32-/m0/s1. The number of allylic oxidation sites excluding steroid dienone is 1. The largest absolute Gasteiger partial charge is 0.493 e. The normalized spacial score (nSPS) is 14.4. The number of carbonyl (C=O) groups excluding carboxylic acids is 1. The number of carbonyl (C=O) groups is 1. The lowest BCUT2D eigenvalue weighted by atomic mass is 9.95. The van der Waals surface area contributed by atoms with Crippen LogP contribution < -0.4 is 33.8 Å². The highest BCUT2D eigenvalue weighted by atomic mass is 35.5. The quantitative estimate of drug-likeness (QED) is 0.156. The number of methoxy groups -OCH3 is 1. The van der Waals surface area contributed by atoms with Gasteiger partial charge >= 0.3 is 5.97 Å². The number of thiazole rings is 1. The molecule has 1 aliphatic rings. The molecule has 0 fully saturated rings. The van der Waals surface area contributed by atoms with E-state index in [2.05, 4.69) is 4.99 Å². The van der Waals surface area contributed by atoms with Crippen molar-refractivity contribution in [2.45, 2.75) is 40.3 Å². The summed E-state index contributed by atoms with van der Waals surface area (Å²) in [5, 5.41) is 1.04. The maximum Gasteiger partial charge on any atom is 0.338 e. The molecular weight excluding hydrogens is 663 g/mol. The molecule has 47 heavy (non-hydrogen) atoms. The molecule has 1 aromatic heterocycles. The molecule has 9 nitrogen and oxygen atoms in total. The predicted octanol–water partition coefficient (Wildman–Crippen LogP) is 6.49. The Balaban J connectivity index is 1.56. The molecule has 0 amide bonds. The van der Waals surface area contributed by atoms with Crippen LogP contribution in [0, 0.1) is 0 Å². The summed E-state index contributed by atoms with van der Waals surface area (Å²) in [6.07, 6.45) is 1.76. The summed E-state index contributed by atoms with van der Waals surface area (Å²) in [7, 11) is 1.54. The van der Waals surface area contributed by atoms with Crippen LogP contribution in [0.1, 0.15) is 50.4 Å². The number of fused-ring (bicyclic) bond motifs is 1. The van der Waals surface area contributed by atoms with Gasteiger partial charge in [-0.1, -0.05) is 52.7 Å². The lowest BCUT2D eigenvalue weighted by Gasteiger charge is -2.25. The van der Waals surface area contributed by atoms with Gasteiger partial charge in [-0.25, -0.2) is 9.79 Å². The molecule has 0 aliphatic carbocycles. The van der Waals surface area contributed by atoms with Crippen molar-refractivity contribution in [1.82, 2.24) is 4.57 Å². The lowest BCUT2D eigenvalue weighted by molar-refractivity contribution is -0.139. The van der Waals surface area contributed by atoms with Crippen molar-refractivity contribution in [3.05, 3.63) is 112 Å². The van der Waals surface area contributed by atoms with Crippen LogP contribution in [0.15, 0.2) is 75.7 Å². The lowest BCUT2D eigenvalue weighted by Crippen LogP contribution is -2.40. The summed E-state index contributed by atoms with van der Waals surface area (Å²) < 4.78 is 30.6. The van der Waals surface area contributed by atoms with Gasteiger partial charge in [-0.3, -0.25) is 9.36 Å². The van der Waals surface area contributed by atoms with E-state index in [0.717, 1.165) is 5.56 Å². The van der Waals surface area contributed by atoms with Crippen molar-refractivity contribution in [2.24, 2.45) is 4.99 Å². The molecule has 0 saturated heterocycles. The van der Waals surface area contributed by atoms with Gasteiger partial charge in [0, 0.05) is 15.6 Å². The molecule has 0 N–H and O–H groups in total. The highest BCUT2D eigenvalue weighted by Crippen LogP contribution is 2.36. The first-order chi connectivity index (χ1) is 22.7. The molecule has 0 unspecified atom stereocenters. The van der Waals surface area contributed by atoms with Crippen LogP contribution in [-0.2, 0) is 16.1 Å². The number of hydrogen-bond donors (Lipinski definition) is 0. The van der Waals surface area contributed by atoms with Gasteiger partial charge in [-0.2, -0.15) is 0 Å². The minimum atomic E-state index is -0.799. The molecule has 246 valence electrons. The summed E-state index contributed by atoms with van der Waals surface area (Å²) in [6.45, 7) is 8.50. The van der Waals surface area contributed by atoms with Crippen molar-refractivity contribution >= 4 is 46.6 Å². The van der Waals surface area contributed by atoms with E-state index in [1.54, 1.807) is 69.5 Å². The Labute approximate surface area is 286 Å². The van der Waals surface area contributed by atoms with Gasteiger partial charge in [0.15, 0.2) is 27.8 Å². The van der Waals surface area contributed by atoms with Crippen molar-refractivity contribution in [1.29, 1.82) is 0 Å². The number of nitrogens with zero attached hydrogens (tertiary/aromatic N) is 2. The second kappa shape index (κ2) is 15.1. The predicted molar refractivity (Wildman–Crippen MR) is 183 cm³/mol. The van der Waals surface area contributed by atoms with Crippen LogP contribution >= 0.6 is 34.5 Å². The van der Waals surface area contributed by atoms with Crippen LogP contribution in [0.3, 0.4) is 0 Å². The summed E-state index contributed by atoms with van der Waals surface area (Å²) in [6, 6.07) is 15.2. The first kappa shape index (κ1) is 34.1. The van der Waals surface area contributed by atoms with Crippen molar-refractivity contribution in [2.75, 3.05) is 26.9 Å². The molecule has 4 aromatic rings. The molecule has 0 saturated carbocycles. The summed E-state index contributed by atoms with van der Waals surface area (Å²) in [4.78, 5) is 32.6. The number of halogens is 2. The molecule has 1 atom stereocenters. The van der Waals surface area contributed by atoms with Crippen LogP contribution in [0.5, 0.6) is 23.0 Å². The molecule has 0 spiro atoms. The third-order valence-corrected chi connectivity index (χ3v) is 8.85. The Bertz CT molecular complexity index is 2020. The van der Waals surface area contributed by atoms with Crippen LogP contribution in [0.4, 0.5) is 0 Å². The zero-order valence-electron chi connectivity index (χ0n) is 26.6. The van der Waals surface area contributed by atoms with Gasteiger partial charge in [0.05, 0.1) is 48.8 Å². The third kappa shape index (κ3) is 7.35. The van der Waals surface area contributed by atoms with E-state index in [9.17, 15) is 9.59 Å². The number of esters is 1. The fourth-order valence-electron chi connectivity index (χ4n) is 5.18. The average Bonchev–Trinajstić information content (AvgIpc) is 3.35. The molecule has 12 heteroatoms. The minimum Gasteiger partial charge on any atom is -0.493 e. The van der Waals surface area contributed by atoms with E-state index in [1.807, 2.05) is 26.0 Å². The Morgan fingerprint density at radius 1 is 0.915 bits per heavy atom. The van der Waals surface area contributed by atoms with Gasteiger partial charge < -0.3 is 23.7 Å². The maximum atomic E-state index is 14.1. The first-order valence-corrected chi connectivity index (χ1v) is 16.6. The Kier molecular flexibility index (Phi) is 11.0. The van der Waals surface area contributed by atoms with Crippen LogP contribution in [0.25, 0.3) is 6.08 Å². The average molecular weight is 698 g/mol. The zero-order chi connectivity index (χ0) is 33.7. The molecule has 3 aromatic carbocycles. The van der Waals surface area contributed by atoms with Crippen LogP contribution in [-0.4, -0.2) is 37.5 Å². The topological polar surface area (TPSA) is 97.6 Å². The van der Waals surface area contributed by atoms with E-state index < -0.39 is 12.0 Å². The van der Waals surface area contributed by atoms with E-state index in [0.29, 0.717) is 72.4 Å². The highest BCUT2D eigenvalue weighted by Gasteiger charge is 2.34. The SMILES string of the molecule is CCOC(=O)C1=C(C)N=c2s/c(=C\c3ccc(OCc4ccc(Cl)cc4Cl)c(OC)c3)c(=O)n2[C@H]1c1ccc(OCC)c(OCC)c1. The van der Waals surface area contributed by atoms with Crippen molar-refractivity contribution in [3.63, 3.8) is 0 Å². The fraction of sp³-hybridized carbons (Fsp3) is 0.286. The number of benzene rings is 3. The number of aromatic nitrogens is 1. The minimum absolute atomic E-state index is 0.175. The third-order valence-electron chi connectivity index (χ3n) is 7.28. The van der Waals surface area contributed by atoms with Crippen LogP contribution in [0.2, 0.25) is 10.0 Å². The summed E-state index contributed by atoms with van der Waals surface area (Å²) >= 11 is 13.5. The maximum absolute atomic E-state index is 14.1. The smallest absolute Gasteiger partial charge is 0.338 e. The number of rotatable bonds is 12. The number of hydrogen-bond acceptors (Lipinski definition) is 9. The van der Waals surface area contributed by atoms with E-state index in [4.69, 9.17) is 46.9 Å². The highest BCUT2D eigenvalue weighted by molar-refractivity contribution is 7.07. The first-order valence-electron chi connectivity index (χ1n) is 15.0. The summed E-state index contributed by atoms with van der Waals surface area (Å²) in [5.74, 6) is 1.53. The van der Waals surface area contributed by atoms with Gasteiger partial charge in [0.1, 0.15) is 6.61 Å². The Morgan fingerprint density at radius 2 is 1.64 bits per heavy atom. The molecular formula is C35H34Cl2N2O7S. The van der Waals surface area contributed by atoms with Crippen molar-refractivity contribution < 1.29 is 28.5 Å². The van der Waals surface area contributed by atoms with Crippen molar-refractivity contribution in [3.8, 4) is 23.0 Å². The number of ether oxygens (including phenoxy) is 5. The molecule has 0 bridgehead atoms. The fourth-order valence-corrected chi connectivity index (χ4v) is 6.69. The molecule has 2 heterocycles. The van der Waals surface area contributed by atoms with E-state index in [1.165, 1.54) is 15.9 Å². The summed E-state index contributed by atoms with van der Waals surface area (Å²) in [5.41, 5.74) is 2.58. The zero-order valence-corrected chi connectivity index (χ0v) is 28.9. The second-order valence-corrected chi connectivity index (χ2v) is 12.2. The monoisotopic (exact) mass is 696 g/mol. The van der Waals surface area contributed by atoms with Gasteiger partial charge in [-0.05, 0) is 81.3 Å². The van der Waals surface area contributed by atoms with Gasteiger partial charge in [0.2, 0.25) is 0 Å². The second-order valence-electron chi connectivity index (χ2n) is 10.3. The molecule has 0 radical (unpaired) electrons. The van der Waals surface area contributed by atoms with E-state index >= 15 is 0 Å². The van der Waals surface area contributed by atoms with E-state index in [-0.39, 0.29) is 24.3 Å². The Morgan fingerprint density at radius 3 is 2.34 bits per heavy atom. The molecule has 1 aliphatic heterocycles. The molecule has 5 rings (SSSR count). The van der Waals surface area contributed by atoms with Gasteiger partial charge in [0.25, 0.3) is 5.56 Å².